The molecule has 1 rings (SSSR count). The Bertz CT molecular complexity index is 517. The van der Waals surface area contributed by atoms with Gasteiger partial charge in [0.2, 0.25) is 5.91 Å². The SMILES string of the molecule is O=C(CBr)NCCOCCOCCOCCOCCC(=O)ON1C(=O)CCC1=O. The smallest absolute Gasteiger partial charge is 0.335 e. The zero-order valence-electron chi connectivity index (χ0n) is 16.2. The van der Waals surface area contributed by atoms with Gasteiger partial charge in [-0.3, -0.25) is 14.4 Å². The molecule has 0 radical (unpaired) electrons. The van der Waals surface area contributed by atoms with Gasteiger partial charge in [-0.1, -0.05) is 15.9 Å². The molecule has 0 bridgehead atoms. The number of hydroxylamine groups is 2. The number of nitrogens with zero attached hydrogens (tertiary/aromatic N) is 1. The number of hydrogen-bond donors (Lipinski definition) is 1. The molecule has 0 aromatic heterocycles. The normalized spacial score (nSPS) is 13.8. The Balaban J connectivity index is 1.80. The summed E-state index contributed by atoms with van der Waals surface area (Å²) in [4.78, 5) is 49.8. The third-order valence-electron chi connectivity index (χ3n) is 3.46. The lowest BCUT2D eigenvalue weighted by atomic mass is 10.4. The van der Waals surface area contributed by atoms with Gasteiger partial charge in [-0.15, -0.1) is 5.06 Å². The number of nitrogens with one attached hydrogen (secondary N) is 1. The van der Waals surface area contributed by atoms with E-state index in [-0.39, 0.29) is 43.7 Å². The van der Waals surface area contributed by atoms with Gasteiger partial charge in [0.25, 0.3) is 11.8 Å². The van der Waals surface area contributed by atoms with Crippen LogP contribution >= 0.6 is 15.9 Å². The van der Waals surface area contributed by atoms with Crippen molar-refractivity contribution < 1.29 is 43.0 Å². The van der Waals surface area contributed by atoms with Gasteiger partial charge in [0, 0.05) is 19.4 Å². The highest BCUT2D eigenvalue weighted by atomic mass is 79.9. The molecule has 0 aromatic rings. The fourth-order valence-electron chi connectivity index (χ4n) is 2.03. The fourth-order valence-corrected chi connectivity index (χ4v) is 2.23. The lowest BCUT2D eigenvalue weighted by Gasteiger charge is -2.12. The van der Waals surface area contributed by atoms with E-state index in [4.69, 9.17) is 23.8 Å². The number of alkyl halides is 1. The average Bonchev–Trinajstić information content (AvgIpc) is 3.02. The quantitative estimate of drug-likeness (QED) is 0.166. The Morgan fingerprint density at radius 1 is 0.828 bits per heavy atom. The number of amides is 3. The maximum atomic E-state index is 11.5. The number of hydrogen-bond acceptors (Lipinski definition) is 9. The molecule has 0 aromatic carbocycles. The molecule has 1 aliphatic rings. The molecule has 166 valence electrons. The van der Waals surface area contributed by atoms with Crippen LogP contribution in [0.2, 0.25) is 0 Å². The molecule has 0 spiro atoms. The molecule has 0 aliphatic carbocycles. The van der Waals surface area contributed by atoms with E-state index < -0.39 is 17.8 Å². The molecular formula is C17H27BrN2O9. The Morgan fingerprint density at radius 2 is 1.31 bits per heavy atom. The van der Waals surface area contributed by atoms with E-state index in [1.54, 1.807) is 0 Å². The highest BCUT2D eigenvalue weighted by Gasteiger charge is 2.32. The third-order valence-corrected chi connectivity index (χ3v) is 3.96. The summed E-state index contributed by atoms with van der Waals surface area (Å²) in [7, 11) is 0. The molecular weight excluding hydrogens is 456 g/mol. The first kappa shape index (κ1) is 25.4. The summed E-state index contributed by atoms with van der Waals surface area (Å²) in [5.41, 5.74) is 0. The zero-order valence-corrected chi connectivity index (χ0v) is 17.8. The summed E-state index contributed by atoms with van der Waals surface area (Å²) in [6, 6.07) is 0. The van der Waals surface area contributed by atoms with E-state index >= 15 is 0 Å². The lowest BCUT2D eigenvalue weighted by molar-refractivity contribution is -0.198. The minimum atomic E-state index is -0.698. The highest BCUT2D eigenvalue weighted by molar-refractivity contribution is 9.09. The number of carbonyl (C=O) groups is 4. The van der Waals surface area contributed by atoms with Crippen molar-refractivity contribution in [2.24, 2.45) is 0 Å². The first-order valence-electron chi connectivity index (χ1n) is 9.24. The van der Waals surface area contributed by atoms with Gasteiger partial charge in [0.1, 0.15) is 0 Å². The average molecular weight is 483 g/mol. The minimum Gasteiger partial charge on any atom is -0.378 e. The summed E-state index contributed by atoms with van der Waals surface area (Å²) >= 11 is 3.05. The second-order valence-electron chi connectivity index (χ2n) is 5.73. The molecule has 0 saturated carbocycles. The second-order valence-corrected chi connectivity index (χ2v) is 6.29. The summed E-state index contributed by atoms with van der Waals surface area (Å²) in [6.45, 7) is 3.27. The van der Waals surface area contributed by atoms with E-state index in [0.29, 0.717) is 51.2 Å². The number of ether oxygens (including phenoxy) is 4. The van der Waals surface area contributed by atoms with Crippen molar-refractivity contribution in [1.29, 1.82) is 0 Å². The van der Waals surface area contributed by atoms with Gasteiger partial charge in [-0.05, 0) is 0 Å². The molecule has 29 heavy (non-hydrogen) atoms. The van der Waals surface area contributed by atoms with Crippen LogP contribution in [0.3, 0.4) is 0 Å². The molecule has 1 saturated heterocycles. The standard InChI is InChI=1S/C17H27BrN2O9/c18-13-14(21)19-4-6-26-8-10-28-12-11-27-9-7-25-5-3-17(24)29-20-15(22)1-2-16(20)23/h1-13H2,(H,19,21). The predicted molar refractivity (Wildman–Crippen MR) is 102 cm³/mol. The summed E-state index contributed by atoms with van der Waals surface area (Å²) in [5, 5.41) is 3.45. The van der Waals surface area contributed by atoms with Crippen LogP contribution in [-0.2, 0) is 43.0 Å². The van der Waals surface area contributed by atoms with Crippen molar-refractivity contribution in [1.82, 2.24) is 10.4 Å². The van der Waals surface area contributed by atoms with Crippen LogP contribution in [0.1, 0.15) is 19.3 Å². The highest BCUT2D eigenvalue weighted by Crippen LogP contribution is 2.12. The first-order valence-corrected chi connectivity index (χ1v) is 10.4. The van der Waals surface area contributed by atoms with Gasteiger partial charge in [0.15, 0.2) is 0 Å². The summed E-state index contributed by atoms with van der Waals surface area (Å²) in [6.07, 6.45) is 0.0574. The fraction of sp³-hybridized carbons (Fsp3) is 0.765. The lowest BCUT2D eigenvalue weighted by Crippen LogP contribution is -2.32. The molecule has 1 heterocycles. The van der Waals surface area contributed by atoms with Crippen LogP contribution in [-0.4, -0.2) is 93.5 Å². The van der Waals surface area contributed by atoms with Crippen molar-refractivity contribution >= 4 is 39.6 Å². The molecule has 11 nitrogen and oxygen atoms in total. The van der Waals surface area contributed by atoms with Crippen LogP contribution in [0, 0.1) is 0 Å². The van der Waals surface area contributed by atoms with E-state index in [1.165, 1.54) is 0 Å². The number of carbonyl (C=O) groups excluding carboxylic acids is 4. The molecule has 1 fully saturated rings. The van der Waals surface area contributed by atoms with Crippen LogP contribution in [0.25, 0.3) is 0 Å². The molecule has 1 N–H and O–H groups in total. The number of halogens is 1. The predicted octanol–water partition coefficient (Wildman–Crippen LogP) is -0.439. The Kier molecular flexibility index (Phi) is 14.2. The largest absolute Gasteiger partial charge is 0.378 e. The van der Waals surface area contributed by atoms with Crippen LogP contribution < -0.4 is 5.32 Å². The van der Waals surface area contributed by atoms with Gasteiger partial charge in [0.05, 0.1) is 64.6 Å². The van der Waals surface area contributed by atoms with Crippen molar-refractivity contribution in [2.45, 2.75) is 19.3 Å². The van der Waals surface area contributed by atoms with Crippen molar-refractivity contribution in [3.63, 3.8) is 0 Å². The maximum absolute atomic E-state index is 11.5. The maximum Gasteiger partial charge on any atom is 0.335 e. The first-order chi connectivity index (χ1) is 14.0. The van der Waals surface area contributed by atoms with E-state index in [2.05, 4.69) is 21.2 Å². The van der Waals surface area contributed by atoms with Crippen molar-refractivity contribution in [2.75, 3.05) is 64.7 Å². The van der Waals surface area contributed by atoms with Crippen molar-refractivity contribution in [3.05, 3.63) is 0 Å². The minimum absolute atomic E-state index is 0.0634. The molecule has 3 amide bonds. The monoisotopic (exact) mass is 482 g/mol. The molecule has 0 unspecified atom stereocenters. The van der Waals surface area contributed by atoms with E-state index in [0.717, 1.165) is 0 Å². The van der Waals surface area contributed by atoms with Gasteiger partial charge >= 0.3 is 5.97 Å². The Hall–Kier alpha value is -1.60. The van der Waals surface area contributed by atoms with Gasteiger partial charge in [-0.25, -0.2) is 4.79 Å². The van der Waals surface area contributed by atoms with Crippen LogP contribution in [0.15, 0.2) is 0 Å². The second kappa shape index (κ2) is 16.2. The Morgan fingerprint density at radius 3 is 1.83 bits per heavy atom. The summed E-state index contributed by atoms with van der Waals surface area (Å²) in [5.74, 6) is -1.80. The molecule has 12 heteroatoms. The van der Waals surface area contributed by atoms with Crippen molar-refractivity contribution in [3.8, 4) is 0 Å². The van der Waals surface area contributed by atoms with Crippen LogP contribution in [0.4, 0.5) is 0 Å². The number of imide groups is 1. The molecule has 1 aliphatic heterocycles. The summed E-state index contributed by atoms with van der Waals surface area (Å²) < 4.78 is 21.1. The van der Waals surface area contributed by atoms with E-state index in [9.17, 15) is 19.2 Å². The van der Waals surface area contributed by atoms with Gasteiger partial charge < -0.3 is 29.1 Å². The Labute approximate surface area is 177 Å². The zero-order chi connectivity index (χ0) is 21.3. The van der Waals surface area contributed by atoms with Crippen LogP contribution in [0.5, 0.6) is 0 Å². The molecule has 0 atom stereocenters. The van der Waals surface area contributed by atoms with E-state index in [1.807, 2.05) is 0 Å². The number of rotatable bonds is 17. The van der Waals surface area contributed by atoms with Gasteiger partial charge in [-0.2, -0.15) is 0 Å². The third kappa shape index (κ3) is 12.5. The topological polar surface area (TPSA) is 130 Å².